The van der Waals surface area contributed by atoms with Crippen LogP contribution in [-0.2, 0) is 6.61 Å². The Hall–Kier alpha value is -4.69. The average molecular weight is 624 g/mol. The maximum absolute atomic E-state index is 12.6. The van der Waals surface area contributed by atoms with E-state index in [9.17, 15) is 4.79 Å². The molecule has 1 amide bonds. The number of anilines is 2. The summed E-state index contributed by atoms with van der Waals surface area (Å²) in [5.74, 6) is 0.247. The van der Waals surface area contributed by atoms with E-state index in [0.29, 0.717) is 28.0 Å². The Kier molecular flexibility index (Phi) is 8.65. The number of benzene rings is 5. The van der Waals surface area contributed by atoms with Crippen LogP contribution in [0.25, 0.3) is 22.0 Å². The number of hydrazone groups is 1. The van der Waals surface area contributed by atoms with Gasteiger partial charge in [0.1, 0.15) is 12.4 Å². The number of nitrogens with zero attached hydrogens (tertiary/aromatic N) is 2. The number of fused-ring (bicyclic) bond motifs is 1. The molecule has 0 aliphatic rings. The summed E-state index contributed by atoms with van der Waals surface area (Å²) in [7, 11) is 0. The van der Waals surface area contributed by atoms with Crippen molar-refractivity contribution in [2.75, 3.05) is 5.32 Å². The lowest BCUT2D eigenvalue weighted by Crippen LogP contribution is -2.17. The summed E-state index contributed by atoms with van der Waals surface area (Å²) in [5.41, 5.74) is 7.44. The first-order chi connectivity index (χ1) is 21.0. The van der Waals surface area contributed by atoms with E-state index in [0.717, 1.165) is 38.6 Å². The van der Waals surface area contributed by atoms with Crippen molar-refractivity contribution < 1.29 is 9.53 Å². The Morgan fingerprint density at radius 3 is 2.47 bits per heavy atom. The number of hydrogen-bond acceptors (Lipinski definition) is 6. The highest BCUT2D eigenvalue weighted by atomic mass is 35.5. The van der Waals surface area contributed by atoms with Gasteiger partial charge in [-0.1, -0.05) is 71.7 Å². The molecular formula is C34H24Cl2N4O2S. The molecule has 0 unspecified atom stereocenters. The highest BCUT2D eigenvalue weighted by Gasteiger charge is 2.09. The lowest BCUT2D eigenvalue weighted by molar-refractivity contribution is 0.0955. The summed E-state index contributed by atoms with van der Waals surface area (Å²) in [5, 5.41) is 13.6. The largest absolute Gasteiger partial charge is 0.487 e. The molecule has 0 radical (unpaired) electrons. The number of carbonyl (C=O) groups is 1. The van der Waals surface area contributed by atoms with Gasteiger partial charge >= 0.3 is 0 Å². The topological polar surface area (TPSA) is 75.6 Å². The van der Waals surface area contributed by atoms with Crippen LogP contribution in [0, 0.1) is 0 Å². The van der Waals surface area contributed by atoms with E-state index in [1.54, 1.807) is 24.3 Å². The number of ether oxygens (including phenoxy) is 1. The van der Waals surface area contributed by atoms with E-state index in [1.165, 1.54) is 22.9 Å². The van der Waals surface area contributed by atoms with Crippen LogP contribution in [0.3, 0.4) is 0 Å². The molecule has 6 nitrogen and oxygen atoms in total. The molecule has 212 valence electrons. The minimum Gasteiger partial charge on any atom is -0.487 e. The van der Waals surface area contributed by atoms with Crippen LogP contribution in [0.15, 0.2) is 120 Å². The zero-order valence-corrected chi connectivity index (χ0v) is 25.0. The summed E-state index contributed by atoms with van der Waals surface area (Å²) >= 11 is 13.9. The third kappa shape index (κ3) is 7.21. The lowest BCUT2D eigenvalue weighted by atomic mass is 10.1. The minimum absolute atomic E-state index is 0.326. The average Bonchev–Trinajstić information content (AvgIpc) is 3.50. The van der Waals surface area contributed by atoms with Gasteiger partial charge < -0.3 is 10.1 Å². The van der Waals surface area contributed by atoms with E-state index < -0.39 is 0 Å². The Balaban J connectivity index is 1.02. The standard InChI is InChI=1S/C34H24Cl2N4O2S/c35-28-12-14-29(15-13-28)38-34-39-31(21-43-34)25-8-10-26(11-9-25)33(41)40-37-19-22-6-16-32(30(36)18-22)42-20-23-5-7-24-3-1-2-4-27(24)17-23/h1-19,21H,20H2,(H,38,39)(H,40,41)/b37-19-. The second kappa shape index (κ2) is 13.1. The van der Waals surface area contributed by atoms with Gasteiger partial charge in [-0.05, 0) is 82.6 Å². The quantitative estimate of drug-likeness (QED) is 0.124. The van der Waals surface area contributed by atoms with Crippen LogP contribution >= 0.6 is 34.5 Å². The number of carbonyl (C=O) groups excluding carboxylic acids is 1. The third-order valence-corrected chi connectivity index (χ3v) is 7.89. The van der Waals surface area contributed by atoms with Gasteiger partial charge in [-0.3, -0.25) is 4.79 Å². The molecule has 2 N–H and O–H groups in total. The summed E-state index contributed by atoms with van der Waals surface area (Å²) in [6, 6.07) is 34.4. The van der Waals surface area contributed by atoms with E-state index in [-0.39, 0.29) is 5.91 Å². The van der Waals surface area contributed by atoms with Crippen LogP contribution < -0.4 is 15.5 Å². The first-order valence-corrected chi connectivity index (χ1v) is 15.0. The molecule has 0 saturated carbocycles. The zero-order chi connectivity index (χ0) is 29.6. The van der Waals surface area contributed by atoms with Gasteiger partial charge in [0.15, 0.2) is 5.13 Å². The molecule has 6 rings (SSSR count). The highest BCUT2D eigenvalue weighted by Crippen LogP contribution is 2.28. The predicted octanol–water partition coefficient (Wildman–Crippen LogP) is 9.36. The number of amides is 1. The van der Waals surface area contributed by atoms with Crippen LogP contribution in [0.5, 0.6) is 5.75 Å². The summed E-state index contributed by atoms with van der Waals surface area (Å²) < 4.78 is 5.94. The molecule has 1 heterocycles. The van der Waals surface area contributed by atoms with E-state index in [1.807, 2.05) is 66.0 Å². The Bertz CT molecular complexity index is 1920. The van der Waals surface area contributed by atoms with Crippen LogP contribution in [-0.4, -0.2) is 17.1 Å². The molecule has 0 fully saturated rings. The van der Waals surface area contributed by atoms with E-state index in [2.05, 4.69) is 45.1 Å². The van der Waals surface area contributed by atoms with Crippen molar-refractivity contribution in [2.24, 2.45) is 5.10 Å². The lowest BCUT2D eigenvalue weighted by Gasteiger charge is -2.09. The summed E-state index contributed by atoms with van der Waals surface area (Å²) in [6.45, 7) is 0.400. The van der Waals surface area contributed by atoms with Crippen molar-refractivity contribution in [1.29, 1.82) is 0 Å². The van der Waals surface area contributed by atoms with Crippen LogP contribution in [0.4, 0.5) is 10.8 Å². The fourth-order valence-corrected chi connectivity index (χ4v) is 5.46. The number of aromatic nitrogens is 1. The van der Waals surface area contributed by atoms with Crippen LogP contribution in [0.2, 0.25) is 10.0 Å². The van der Waals surface area contributed by atoms with Gasteiger partial charge in [0, 0.05) is 27.2 Å². The molecule has 6 aromatic rings. The Morgan fingerprint density at radius 1 is 0.884 bits per heavy atom. The van der Waals surface area contributed by atoms with Crippen molar-refractivity contribution in [3.63, 3.8) is 0 Å². The van der Waals surface area contributed by atoms with Gasteiger partial charge in [-0.25, -0.2) is 10.4 Å². The fraction of sp³-hybridized carbons (Fsp3) is 0.0294. The van der Waals surface area contributed by atoms with Crippen molar-refractivity contribution in [3.05, 3.63) is 141 Å². The van der Waals surface area contributed by atoms with Gasteiger partial charge in [0.2, 0.25) is 0 Å². The summed E-state index contributed by atoms with van der Waals surface area (Å²) in [4.78, 5) is 17.3. The van der Waals surface area contributed by atoms with E-state index in [4.69, 9.17) is 27.9 Å². The maximum Gasteiger partial charge on any atom is 0.271 e. The molecule has 0 aliphatic heterocycles. The molecule has 0 atom stereocenters. The molecule has 9 heteroatoms. The zero-order valence-electron chi connectivity index (χ0n) is 22.6. The molecule has 0 aliphatic carbocycles. The van der Waals surface area contributed by atoms with Crippen molar-refractivity contribution in [2.45, 2.75) is 6.61 Å². The molecule has 1 aromatic heterocycles. The highest BCUT2D eigenvalue weighted by molar-refractivity contribution is 7.14. The molecule has 0 bridgehead atoms. The SMILES string of the molecule is O=C(N/N=C\c1ccc(OCc2ccc3ccccc3c2)c(Cl)c1)c1ccc(-c2csc(Nc3ccc(Cl)cc3)n2)cc1. The van der Waals surface area contributed by atoms with Crippen molar-refractivity contribution in [1.82, 2.24) is 10.4 Å². The van der Waals surface area contributed by atoms with Gasteiger partial charge in [0.25, 0.3) is 5.91 Å². The van der Waals surface area contributed by atoms with Gasteiger partial charge in [0.05, 0.1) is 16.9 Å². The van der Waals surface area contributed by atoms with E-state index >= 15 is 0 Å². The maximum atomic E-state index is 12.6. The molecule has 5 aromatic carbocycles. The smallest absolute Gasteiger partial charge is 0.271 e. The third-order valence-electron chi connectivity index (χ3n) is 6.59. The number of halogens is 2. The summed E-state index contributed by atoms with van der Waals surface area (Å²) in [6.07, 6.45) is 1.54. The van der Waals surface area contributed by atoms with Crippen LogP contribution in [0.1, 0.15) is 21.5 Å². The monoisotopic (exact) mass is 622 g/mol. The van der Waals surface area contributed by atoms with Crippen molar-refractivity contribution >= 4 is 68.3 Å². The first-order valence-electron chi connectivity index (χ1n) is 13.3. The van der Waals surface area contributed by atoms with Crippen molar-refractivity contribution in [3.8, 4) is 17.0 Å². The van der Waals surface area contributed by atoms with Gasteiger partial charge in [-0.2, -0.15) is 5.10 Å². The predicted molar refractivity (Wildman–Crippen MR) is 177 cm³/mol. The number of thiazole rings is 1. The Labute approximate surface area is 262 Å². The Morgan fingerprint density at radius 2 is 1.67 bits per heavy atom. The molecule has 0 saturated heterocycles. The minimum atomic E-state index is -0.326. The second-order valence-electron chi connectivity index (χ2n) is 9.61. The first kappa shape index (κ1) is 28.4. The van der Waals surface area contributed by atoms with Gasteiger partial charge in [-0.15, -0.1) is 11.3 Å². The number of rotatable bonds is 9. The number of hydrogen-bond donors (Lipinski definition) is 2. The molecule has 0 spiro atoms. The molecular weight excluding hydrogens is 599 g/mol. The second-order valence-corrected chi connectivity index (χ2v) is 11.3. The number of nitrogens with one attached hydrogen (secondary N) is 2. The molecule has 43 heavy (non-hydrogen) atoms. The normalized spacial score (nSPS) is 11.1. The fourth-order valence-electron chi connectivity index (χ4n) is 4.35.